The maximum atomic E-state index is 9.83. The van der Waals surface area contributed by atoms with E-state index in [0.717, 1.165) is 0 Å². The monoisotopic (exact) mass is 211 g/mol. The van der Waals surface area contributed by atoms with Crippen LogP contribution in [0.3, 0.4) is 0 Å². The fraction of sp³-hybridized carbons (Fsp3) is 0.455. The van der Waals surface area contributed by atoms with Crippen LogP contribution in [0.1, 0.15) is 17.2 Å². The largest absolute Gasteiger partial charge is 0.392 e. The van der Waals surface area contributed by atoms with Gasteiger partial charge in [-0.15, -0.1) is 0 Å². The Bertz CT molecular complexity index is 304. The lowest BCUT2D eigenvalue weighted by Gasteiger charge is -2.19. The Morgan fingerprint density at radius 3 is 2.53 bits per heavy atom. The molecule has 2 unspecified atom stereocenters. The molecule has 0 aromatic heterocycles. The summed E-state index contributed by atoms with van der Waals surface area (Å²) in [6.07, 6.45) is -1.84. The van der Waals surface area contributed by atoms with E-state index in [-0.39, 0.29) is 6.61 Å². The molecule has 1 rings (SSSR count). The minimum Gasteiger partial charge on any atom is -0.392 e. The van der Waals surface area contributed by atoms with Crippen LogP contribution in [0.25, 0.3) is 0 Å². The van der Waals surface area contributed by atoms with Gasteiger partial charge in [0.1, 0.15) is 6.10 Å². The molecule has 1 aromatic carbocycles. The zero-order chi connectivity index (χ0) is 11.3. The summed E-state index contributed by atoms with van der Waals surface area (Å²) < 4.78 is 0. The van der Waals surface area contributed by atoms with Crippen LogP contribution in [-0.4, -0.2) is 35.0 Å². The summed E-state index contributed by atoms with van der Waals surface area (Å²) in [5, 5.41) is 31.3. The van der Waals surface area contributed by atoms with Gasteiger partial charge in [0.05, 0.1) is 12.7 Å². The van der Waals surface area contributed by atoms with E-state index < -0.39 is 12.2 Å². The molecule has 0 amide bonds. The van der Waals surface area contributed by atoms with Crippen LogP contribution in [-0.2, 0) is 6.61 Å². The fourth-order valence-electron chi connectivity index (χ4n) is 1.49. The first-order chi connectivity index (χ1) is 7.20. The van der Waals surface area contributed by atoms with Crippen LogP contribution in [0, 0.1) is 0 Å². The zero-order valence-corrected chi connectivity index (χ0v) is 8.72. The molecule has 0 aliphatic rings. The molecule has 84 valence electrons. The highest BCUT2D eigenvalue weighted by molar-refractivity contribution is 5.29. The quantitative estimate of drug-likeness (QED) is 0.544. The number of benzene rings is 1. The topological polar surface area (TPSA) is 72.7 Å². The summed E-state index contributed by atoms with van der Waals surface area (Å²) in [5.41, 5.74) is 1.21. The zero-order valence-electron chi connectivity index (χ0n) is 8.72. The maximum Gasteiger partial charge on any atom is 0.106 e. The van der Waals surface area contributed by atoms with Crippen LogP contribution in [0.5, 0.6) is 0 Å². The van der Waals surface area contributed by atoms with Crippen molar-refractivity contribution in [3.63, 3.8) is 0 Å². The minimum absolute atomic E-state index is 0.139. The molecule has 15 heavy (non-hydrogen) atoms. The van der Waals surface area contributed by atoms with E-state index in [1.165, 1.54) is 0 Å². The second-order valence-electron chi connectivity index (χ2n) is 3.43. The van der Waals surface area contributed by atoms with Crippen molar-refractivity contribution in [1.29, 1.82) is 0 Å². The highest BCUT2D eigenvalue weighted by Gasteiger charge is 2.19. The predicted octanol–water partition coefficient (Wildman–Crippen LogP) is -0.207. The summed E-state index contributed by atoms with van der Waals surface area (Å²) >= 11 is 0. The van der Waals surface area contributed by atoms with Crippen LogP contribution in [0.4, 0.5) is 0 Å². The third-order valence-electron chi connectivity index (χ3n) is 2.32. The van der Waals surface area contributed by atoms with Crippen LogP contribution >= 0.6 is 0 Å². The Morgan fingerprint density at radius 1 is 1.27 bits per heavy atom. The van der Waals surface area contributed by atoms with E-state index >= 15 is 0 Å². The Labute approximate surface area is 89.2 Å². The Morgan fingerprint density at radius 2 is 1.93 bits per heavy atom. The van der Waals surface area contributed by atoms with Gasteiger partial charge in [-0.2, -0.15) is 0 Å². The van der Waals surface area contributed by atoms with Crippen LogP contribution < -0.4 is 5.32 Å². The van der Waals surface area contributed by atoms with Crippen molar-refractivity contribution in [2.45, 2.75) is 18.8 Å². The lowest BCUT2D eigenvalue weighted by Crippen LogP contribution is -2.30. The van der Waals surface area contributed by atoms with Gasteiger partial charge in [0.2, 0.25) is 0 Å². The first-order valence-electron chi connectivity index (χ1n) is 4.90. The summed E-state index contributed by atoms with van der Waals surface area (Å²) in [6.45, 7) is 0.167. The maximum absolute atomic E-state index is 9.83. The van der Waals surface area contributed by atoms with Crippen molar-refractivity contribution in [1.82, 2.24) is 5.32 Å². The molecule has 0 fully saturated rings. The lowest BCUT2D eigenvalue weighted by atomic mass is 9.99. The Kier molecular flexibility index (Phi) is 4.71. The average molecular weight is 211 g/mol. The molecule has 0 aliphatic heterocycles. The Hall–Kier alpha value is -0.940. The van der Waals surface area contributed by atoms with Gasteiger partial charge in [-0.1, -0.05) is 24.3 Å². The van der Waals surface area contributed by atoms with Crippen molar-refractivity contribution in [3.8, 4) is 0 Å². The first kappa shape index (κ1) is 12.1. The molecular weight excluding hydrogens is 194 g/mol. The van der Waals surface area contributed by atoms with Gasteiger partial charge in [0.15, 0.2) is 0 Å². The molecule has 4 N–H and O–H groups in total. The van der Waals surface area contributed by atoms with E-state index in [1.54, 1.807) is 31.3 Å². The van der Waals surface area contributed by atoms with Crippen LogP contribution in [0.2, 0.25) is 0 Å². The SMILES string of the molecule is CNCC(O)C(O)c1ccccc1CO. The van der Waals surface area contributed by atoms with E-state index in [2.05, 4.69) is 5.32 Å². The first-order valence-corrected chi connectivity index (χ1v) is 4.90. The van der Waals surface area contributed by atoms with Crippen molar-refractivity contribution in [2.75, 3.05) is 13.6 Å². The summed E-state index contributed by atoms with van der Waals surface area (Å²) in [5.74, 6) is 0. The molecule has 0 aliphatic carbocycles. The lowest BCUT2D eigenvalue weighted by molar-refractivity contribution is 0.0191. The van der Waals surface area contributed by atoms with Gasteiger partial charge in [0, 0.05) is 6.54 Å². The van der Waals surface area contributed by atoms with Crippen molar-refractivity contribution in [2.24, 2.45) is 0 Å². The van der Waals surface area contributed by atoms with Gasteiger partial charge >= 0.3 is 0 Å². The van der Waals surface area contributed by atoms with Gasteiger partial charge in [-0.3, -0.25) is 0 Å². The van der Waals surface area contributed by atoms with Crippen LogP contribution in [0.15, 0.2) is 24.3 Å². The second kappa shape index (κ2) is 5.82. The van der Waals surface area contributed by atoms with Gasteiger partial charge in [0.25, 0.3) is 0 Å². The van der Waals surface area contributed by atoms with Gasteiger partial charge in [-0.05, 0) is 18.2 Å². The molecule has 4 nitrogen and oxygen atoms in total. The molecule has 4 heteroatoms. The highest BCUT2D eigenvalue weighted by Crippen LogP contribution is 2.20. The van der Waals surface area contributed by atoms with Crippen molar-refractivity contribution >= 4 is 0 Å². The summed E-state index contributed by atoms with van der Waals surface area (Å²) in [4.78, 5) is 0. The smallest absolute Gasteiger partial charge is 0.106 e. The number of likely N-dealkylation sites (N-methyl/N-ethyl adjacent to an activating group) is 1. The molecular formula is C11H17NO3. The minimum atomic E-state index is -0.971. The molecule has 0 radical (unpaired) electrons. The summed E-state index contributed by atoms with van der Waals surface area (Å²) in [6, 6.07) is 6.98. The van der Waals surface area contributed by atoms with Crippen molar-refractivity contribution in [3.05, 3.63) is 35.4 Å². The number of nitrogens with one attached hydrogen (secondary N) is 1. The van der Waals surface area contributed by atoms with E-state index in [1.807, 2.05) is 0 Å². The number of aliphatic hydroxyl groups excluding tert-OH is 3. The summed E-state index contributed by atoms with van der Waals surface area (Å²) in [7, 11) is 1.70. The molecule has 0 bridgehead atoms. The number of aliphatic hydroxyl groups is 3. The molecule has 0 saturated carbocycles. The standard InChI is InChI=1S/C11H17NO3/c1-12-6-10(14)11(15)9-5-3-2-4-8(9)7-13/h2-5,10-15H,6-7H2,1H3. The van der Waals surface area contributed by atoms with Gasteiger partial charge in [-0.25, -0.2) is 0 Å². The highest BCUT2D eigenvalue weighted by atomic mass is 16.3. The van der Waals surface area contributed by atoms with Crippen molar-refractivity contribution < 1.29 is 15.3 Å². The normalized spacial score (nSPS) is 14.9. The van der Waals surface area contributed by atoms with E-state index in [4.69, 9.17) is 5.11 Å². The third-order valence-corrected chi connectivity index (χ3v) is 2.32. The Balaban J connectivity index is 2.84. The van der Waals surface area contributed by atoms with E-state index in [9.17, 15) is 10.2 Å². The molecule has 0 spiro atoms. The molecule has 0 saturated heterocycles. The third kappa shape index (κ3) is 3.00. The number of hydrogen-bond donors (Lipinski definition) is 4. The molecule has 1 aromatic rings. The molecule has 0 heterocycles. The number of rotatable bonds is 5. The second-order valence-corrected chi connectivity index (χ2v) is 3.43. The predicted molar refractivity (Wildman–Crippen MR) is 57.3 cm³/mol. The average Bonchev–Trinajstić information content (AvgIpc) is 2.28. The number of hydrogen-bond acceptors (Lipinski definition) is 4. The van der Waals surface area contributed by atoms with E-state index in [0.29, 0.717) is 17.7 Å². The van der Waals surface area contributed by atoms with Gasteiger partial charge < -0.3 is 20.6 Å². The molecule has 2 atom stereocenters. The fourth-order valence-corrected chi connectivity index (χ4v) is 1.49.